The molecule has 138 valence electrons. The third kappa shape index (κ3) is 6.93. The van der Waals surface area contributed by atoms with E-state index in [1.165, 1.54) is 28.2 Å². The molecule has 3 aliphatic rings. The summed E-state index contributed by atoms with van der Waals surface area (Å²) in [5, 5.41) is 0. The zero-order valence-corrected chi connectivity index (χ0v) is 17.6. The van der Waals surface area contributed by atoms with E-state index in [0.29, 0.717) is 5.92 Å². The quantitative estimate of drug-likeness (QED) is 0.414. The Bertz CT molecular complexity index is 501. The Balaban J connectivity index is 0.000000486. The van der Waals surface area contributed by atoms with Crippen molar-refractivity contribution in [2.45, 2.75) is 40.5 Å². The molecule has 0 heterocycles. The summed E-state index contributed by atoms with van der Waals surface area (Å²) in [5.74, 6) is 2.85. The Kier molecular flexibility index (Phi) is 11.0. The van der Waals surface area contributed by atoms with Gasteiger partial charge in [-0.1, -0.05) is 16.7 Å². The molecule has 0 spiro atoms. The van der Waals surface area contributed by atoms with E-state index in [-0.39, 0.29) is 17.1 Å². The minimum absolute atomic E-state index is 0. The average Bonchev–Trinajstić information content (AvgIpc) is 3.28. The van der Waals surface area contributed by atoms with Crippen LogP contribution in [0.15, 0.2) is 34.1 Å². The van der Waals surface area contributed by atoms with Gasteiger partial charge in [0.2, 0.25) is 0 Å². The van der Waals surface area contributed by atoms with Crippen LogP contribution in [-0.4, -0.2) is 7.11 Å². The van der Waals surface area contributed by atoms with E-state index >= 15 is 0 Å². The van der Waals surface area contributed by atoms with Crippen molar-refractivity contribution in [1.29, 1.82) is 0 Å². The summed E-state index contributed by atoms with van der Waals surface area (Å²) in [7, 11) is 1.78. The molecule has 0 bridgehead atoms. The van der Waals surface area contributed by atoms with Gasteiger partial charge in [0.25, 0.3) is 0 Å². The molecule has 3 rings (SSSR count). The molecule has 0 aliphatic heterocycles. The van der Waals surface area contributed by atoms with Crippen molar-refractivity contribution in [2.75, 3.05) is 7.11 Å². The van der Waals surface area contributed by atoms with Gasteiger partial charge in [-0.25, -0.2) is 0 Å². The Hall–Kier alpha value is -0.461. The molecule has 1 atom stereocenters. The topological polar surface area (TPSA) is 9.23 Å². The van der Waals surface area contributed by atoms with Crippen molar-refractivity contribution < 1.29 is 21.8 Å². The van der Waals surface area contributed by atoms with Crippen LogP contribution in [0.2, 0.25) is 0 Å². The fraction of sp³-hybridized carbons (Fsp3) is 0.333. The molecule has 0 aromatic rings. The monoisotopic (exact) mass is 390 g/mol. The second-order valence-electron chi connectivity index (χ2n) is 6.99. The summed E-state index contributed by atoms with van der Waals surface area (Å²) in [6.07, 6.45) is 23.1. The van der Waals surface area contributed by atoms with Gasteiger partial charge in [-0.15, -0.1) is 0 Å². The van der Waals surface area contributed by atoms with Crippen molar-refractivity contribution in [3.05, 3.63) is 97.8 Å². The predicted molar refractivity (Wildman–Crippen MR) is 107 cm³/mol. The smallest absolute Gasteiger partial charge is 0.497 e. The SMILES string of the molecule is COC1=CC([C]2[CH][CH][CH][CH]2)CC(=C(C)C)CC1=C(C)C.[CH]1[CH][CH][CH][CH]1.[Fe+2]. The maximum Gasteiger partial charge on any atom is 2.00 e. The number of hydrogen-bond donors (Lipinski definition) is 0. The van der Waals surface area contributed by atoms with Crippen molar-refractivity contribution in [3.8, 4) is 0 Å². The Morgan fingerprint density at radius 1 is 0.846 bits per heavy atom. The van der Waals surface area contributed by atoms with Crippen LogP contribution >= 0.6 is 0 Å². The molecule has 0 amide bonds. The Morgan fingerprint density at radius 2 is 1.38 bits per heavy atom. The van der Waals surface area contributed by atoms with Gasteiger partial charge in [0.15, 0.2) is 0 Å². The predicted octanol–water partition coefficient (Wildman–Crippen LogP) is 6.02. The fourth-order valence-corrected chi connectivity index (χ4v) is 3.15. The molecule has 2 heteroatoms. The largest absolute Gasteiger partial charge is 2.00 e. The first kappa shape index (κ1) is 23.6. The van der Waals surface area contributed by atoms with E-state index in [2.05, 4.69) is 59.5 Å². The zero-order valence-electron chi connectivity index (χ0n) is 16.5. The molecule has 1 nitrogen and oxygen atoms in total. The summed E-state index contributed by atoms with van der Waals surface area (Å²) in [4.78, 5) is 0. The average molecular weight is 390 g/mol. The zero-order chi connectivity index (χ0) is 18.2. The minimum Gasteiger partial charge on any atom is -0.497 e. The van der Waals surface area contributed by atoms with Gasteiger partial charge >= 0.3 is 17.1 Å². The summed E-state index contributed by atoms with van der Waals surface area (Å²) in [6, 6.07) is 0. The first-order valence-corrected chi connectivity index (χ1v) is 8.99. The first-order valence-electron chi connectivity index (χ1n) is 8.99. The van der Waals surface area contributed by atoms with E-state index < -0.39 is 0 Å². The Labute approximate surface area is 173 Å². The van der Waals surface area contributed by atoms with Crippen molar-refractivity contribution in [2.24, 2.45) is 5.92 Å². The molecule has 0 aromatic carbocycles. The van der Waals surface area contributed by atoms with Gasteiger partial charge in [-0.2, -0.15) is 0 Å². The van der Waals surface area contributed by atoms with E-state index in [1.807, 2.05) is 32.1 Å². The van der Waals surface area contributed by atoms with Crippen molar-refractivity contribution >= 4 is 0 Å². The molecule has 26 heavy (non-hydrogen) atoms. The van der Waals surface area contributed by atoms with Crippen LogP contribution in [0.25, 0.3) is 0 Å². The molecule has 10 radical (unpaired) electrons. The van der Waals surface area contributed by atoms with Crippen LogP contribution in [-0.2, 0) is 21.8 Å². The van der Waals surface area contributed by atoms with Crippen LogP contribution in [0.4, 0.5) is 0 Å². The molecular weight excluding hydrogens is 360 g/mol. The molecular formula is C24H30FeO+2. The van der Waals surface area contributed by atoms with Crippen LogP contribution < -0.4 is 0 Å². The summed E-state index contributed by atoms with van der Waals surface area (Å²) in [6.45, 7) is 8.79. The van der Waals surface area contributed by atoms with Crippen LogP contribution in [0.1, 0.15) is 40.5 Å². The third-order valence-electron chi connectivity index (χ3n) is 4.71. The number of hydrogen-bond acceptors (Lipinski definition) is 1. The summed E-state index contributed by atoms with van der Waals surface area (Å²) >= 11 is 0. The Morgan fingerprint density at radius 3 is 1.81 bits per heavy atom. The van der Waals surface area contributed by atoms with Gasteiger partial charge in [-0.05, 0) is 122 Å². The number of rotatable bonds is 2. The maximum absolute atomic E-state index is 5.68. The normalized spacial score (nSPS) is 23.4. The van der Waals surface area contributed by atoms with Crippen molar-refractivity contribution in [1.82, 2.24) is 0 Å². The van der Waals surface area contributed by atoms with E-state index in [4.69, 9.17) is 4.74 Å². The number of methoxy groups -OCH3 is 1. The third-order valence-corrected chi connectivity index (χ3v) is 4.71. The van der Waals surface area contributed by atoms with Gasteiger partial charge in [-0.3, -0.25) is 0 Å². The number of allylic oxidation sites excluding steroid dienone is 5. The van der Waals surface area contributed by atoms with Gasteiger partial charge < -0.3 is 4.74 Å². The molecule has 2 fully saturated rings. The first-order chi connectivity index (χ1) is 12.0. The fourth-order valence-electron chi connectivity index (χ4n) is 3.15. The van der Waals surface area contributed by atoms with Gasteiger partial charge in [0.05, 0.1) is 7.11 Å². The molecule has 1 unspecified atom stereocenters. The summed E-state index contributed by atoms with van der Waals surface area (Å²) < 4.78 is 5.68. The van der Waals surface area contributed by atoms with Crippen LogP contribution in [0, 0.1) is 69.6 Å². The molecule has 0 aromatic heterocycles. The van der Waals surface area contributed by atoms with Crippen LogP contribution in [0.5, 0.6) is 0 Å². The van der Waals surface area contributed by atoms with E-state index in [0.717, 1.165) is 18.6 Å². The van der Waals surface area contributed by atoms with E-state index in [1.54, 1.807) is 7.11 Å². The summed E-state index contributed by atoms with van der Waals surface area (Å²) in [5.41, 5.74) is 5.67. The minimum atomic E-state index is 0. The second kappa shape index (κ2) is 12.1. The molecule has 0 saturated heterocycles. The standard InChI is InChI=1S/C19H25O.C5H5.Fe/c1-13(2)16-10-17(15-8-6-7-9-15)12-19(20-5)18(11-16)14(3)4;1-2-4-5-3-1;/h6-9,12,17H,10-11H2,1-5H3;1-5H;/q;;+2. The van der Waals surface area contributed by atoms with Gasteiger partial charge in [0.1, 0.15) is 5.76 Å². The number of ether oxygens (including phenoxy) is 1. The molecule has 3 aliphatic carbocycles. The van der Waals surface area contributed by atoms with Crippen molar-refractivity contribution in [3.63, 3.8) is 0 Å². The van der Waals surface area contributed by atoms with Gasteiger partial charge in [0, 0.05) is 0 Å². The maximum atomic E-state index is 5.68. The second-order valence-corrected chi connectivity index (χ2v) is 6.99. The van der Waals surface area contributed by atoms with E-state index in [9.17, 15) is 0 Å². The molecule has 0 N–H and O–H groups in total. The molecule has 2 saturated carbocycles. The van der Waals surface area contributed by atoms with Crippen LogP contribution in [0.3, 0.4) is 0 Å².